The van der Waals surface area contributed by atoms with Crippen LogP contribution in [0, 0.1) is 5.82 Å². The van der Waals surface area contributed by atoms with Crippen LogP contribution in [0.3, 0.4) is 0 Å². The Morgan fingerprint density at radius 1 is 1.24 bits per heavy atom. The average molecular weight is 351 g/mol. The highest BCUT2D eigenvalue weighted by Gasteiger charge is 2.21. The van der Waals surface area contributed by atoms with Crippen LogP contribution in [0.1, 0.15) is 25.3 Å². The van der Waals surface area contributed by atoms with Crippen LogP contribution >= 0.6 is 0 Å². The highest BCUT2D eigenvalue weighted by Crippen LogP contribution is 2.19. The predicted molar refractivity (Wildman–Crippen MR) is 92.7 cm³/mol. The second-order valence-corrected chi connectivity index (χ2v) is 6.15. The lowest BCUT2D eigenvalue weighted by atomic mass is 10.2. The number of carbonyl (C=O) groups excluding carboxylic acids is 2. The zero-order chi connectivity index (χ0) is 18.2. The number of rotatable bonds is 7. The number of hydrogen-bond acceptors (Lipinski definition) is 4. The Morgan fingerprint density at radius 3 is 2.56 bits per heavy atom. The minimum absolute atomic E-state index is 0.0559. The number of nitrogens with zero attached hydrogens (tertiary/aromatic N) is 2. The Balaban J connectivity index is 1.76. The van der Waals surface area contributed by atoms with E-state index in [2.05, 4.69) is 10.2 Å². The summed E-state index contributed by atoms with van der Waals surface area (Å²) in [6, 6.07) is 4.96. The van der Waals surface area contributed by atoms with E-state index in [9.17, 15) is 14.0 Å². The van der Waals surface area contributed by atoms with Gasteiger partial charge in [0.05, 0.1) is 13.7 Å². The molecule has 2 amide bonds. The molecule has 1 N–H and O–H groups in total. The first-order chi connectivity index (χ1) is 12.0. The fraction of sp³-hybridized carbons (Fsp3) is 0.556. The van der Waals surface area contributed by atoms with E-state index >= 15 is 0 Å². The van der Waals surface area contributed by atoms with Crippen molar-refractivity contribution in [2.24, 2.45) is 0 Å². The summed E-state index contributed by atoms with van der Waals surface area (Å²) in [5.41, 5.74) is 0.880. The first kappa shape index (κ1) is 19.2. The third-order valence-electron chi connectivity index (χ3n) is 4.26. The lowest BCUT2D eigenvalue weighted by Crippen LogP contribution is -2.50. The molecule has 1 heterocycles. The SMILES string of the molecule is CCCC(=O)NCC(=O)N1CCN(Cc2ccc(OC)c(F)c2)CC1. The van der Waals surface area contributed by atoms with Crippen LogP contribution in [-0.2, 0) is 16.1 Å². The molecule has 0 saturated carbocycles. The van der Waals surface area contributed by atoms with Gasteiger partial charge in [0, 0.05) is 39.1 Å². The molecule has 1 aromatic carbocycles. The second-order valence-electron chi connectivity index (χ2n) is 6.15. The van der Waals surface area contributed by atoms with E-state index in [1.165, 1.54) is 13.2 Å². The molecule has 0 aromatic heterocycles. The van der Waals surface area contributed by atoms with Crippen LogP contribution in [0.25, 0.3) is 0 Å². The average Bonchev–Trinajstić information content (AvgIpc) is 2.61. The zero-order valence-corrected chi connectivity index (χ0v) is 14.9. The van der Waals surface area contributed by atoms with E-state index in [-0.39, 0.29) is 29.9 Å². The molecule has 1 aliphatic rings. The normalized spacial score (nSPS) is 15.1. The van der Waals surface area contributed by atoms with E-state index in [1.54, 1.807) is 11.0 Å². The van der Waals surface area contributed by atoms with Crippen LogP contribution in [-0.4, -0.2) is 61.4 Å². The molecule has 2 rings (SSSR count). The number of methoxy groups -OCH3 is 1. The van der Waals surface area contributed by atoms with Gasteiger partial charge in [-0.2, -0.15) is 0 Å². The topological polar surface area (TPSA) is 61.9 Å². The van der Waals surface area contributed by atoms with Gasteiger partial charge in [0.1, 0.15) is 0 Å². The van der Waals surface area contributed by atoms with E-state index in [4.69, 9.17) is 4.74 Å². The molecular formula is C18H26FN3O3. The monoisotopic (exact) mass is 351 g/mol. The minimum Gasteiger partial charge on any atom is -0.494 e. The predicted octanol–water partition coefficient (Wildman–Crippen LogP) is 1.39. The molecule has 0 bridgehead atoms. The molecule has 0 spiro atoms. The number of nitrogens with one attached hydrogen (secondary N) is 1. The molecule has 25 heavy (non-hydrogen) atoms. The van der Waals surface area contributed by atoms with Gasteiger partial charge in [-0.25, -0.2) is 4.39 Å². The summed E-state index contributed by atoms with van der Waals surface area (Å²) in [5.74, 6) is -0.267. The fourth-order valence-corrected chi connectivity index (χ4v) is 2.82. The summed E-state index contributed by atoms with van der Waals surface area (Å²) in [4.78, 5) is 27.5. The van der Waals surface area contributed by atoms with Crippen LogP contribution in [0.4, 0.5) is 4.39 Å². The second kappa shape index (κ2) is 9.36. The summed E-state index contributed by atoms with van der Waals surface area (Å²) in [6.07, 6.45) is 1.21. The Bertz CT molecular complexity index is 601. The van der Waals surface area contributed by atoms with E-state index < -0.39 is 0 Å². The van der Waals surface area contributed by atoms with Crippen molar-refractivity contribution >= 4 is 11.8 Å². The van der Waals surface area contributed by atoms with Crippen molar-refractivity contribution in [1.29, 1.82) is 0 Å². The third kappa shape index (κ3) is 5.70. The summed E-state index contributed by atoms with van der Waals surface area (Å²) >= 11 is 0. The number of amides is 2. The Labute approximate surface area is 147 Å². The van der Waals surface area contributed by atoms with Crippen molar-refractivity contribution in [2.45, 2.75) is 26.3 Å². The Kier molecular flexibility index (Phi) is 7.18. The standard InChI is InChI=1S/C18H26FN3O3/c1-3-4-17(23)20-12-18(24)22-9-7-21(8-10-22)13-14-5-6-16(25-2)15(19)11-14/h5-6,11H,3-4,7-10,12-13H2,1-2H3,(H,20,23). The molecule has 1 aliphatic heterocycles. The van der Waals surface area contributed by atoms with Crippen LogP contribution < -0.4 is 10.1 Å². The van der Waals surface area contributed by atoms with Crippen molar-refractivity contribution in [1.82, 2.24) is 15.1 Å². The van der Waals surface area contributed by atoms with Gasteiger partial charge >= 0.3 is 0 Å². The largest absolute Gasteiger partial charge is 0.494 e. The molecule has 0 radical (unpaired) electrons. The lowest BCUT2D eigenvalue weighted by Gasteiger charge is -2.34. The van der Waals surface area contributed by atoms with Gasteiger partial charge in [-0.15, -0.1) is 0 Å². The molecule has 7 heteroatoms. The maximum absolute atomic E-state index is 13.7. The molecule has 138 valence electrons. The van der Waals surface area contributed by atoms with Crippen molar-refractivity contribution in [3.05, 3.63) is 29.6 Å². The smallest absolute Gasteiger partial charge is 0.242 e. The Hall–Kier alpha value is -2.15. The van der Waals surface area contributed by atoms with E-state index in [1.807, 2.05) is 13.0 Å². The molecule has 1 aromatic rings. The number of ether oxygens (including phenoxy) is 1. The molecule has 0 unspecified atom stereocenters. The number of carbonyl (C=O) groups is 2. The number of piperazine rings is 1. The first-order valence-corrected chi connectivity index (χ1v) is 8.62. The molecule has 1 fully saturated rings. The third-order valence-corrected chi connectivity index (χ3v) is 4.26. The number of halogens is 1. The van der Waals surface area contributed by atoms with Crippen molar-refractivity contribution in [2.75, 3.05) is 39.8 Å². The van der Waals surface area contributed by atoms with Gasteiger partial charge in [-0.05, 0) is 24.1 Å². The molecule has 1 saturated heterocycles. The first-order valence-electron chi connectivity index (χ1n) is 8.62. The van der Waals surface area contributed by atoms with Crippen molar-refractivity contribution < 1.29 is 18.7 Å². The maximum atomic E-state index is 13.7. The van der Waals surface area contributed by atoms with Crippen LogP contribution in [0.2, 0.25) is 0 Å². The highest BCUT2D eigenvalue weighted by molar-refractivity contribution is 5.84. The fourth-order valence-electron chi connectivity index (χ4n) is 2.82. The number of benzene rings is 1. The highest BCUT2D eigenvalue weighted by atomic mass is 19.1. The van der Waals surface area contributed by atoms with Gasteiger partial charge < -0.3 is 15.0 Å². The number of hydrogen-bond donors (Lipinski definition) is 1. The van der Waals surface area contributed by atoms with Gasteiger partial charge in [0.15, 0.2) is 11.6 Å². The summed E-state index contributed by atoms with van der Waals surface area (Å²) in [5, 5.41) is 2.65. The van der Waals surface area contributed by atoms with Gasteiger partial charge in [0.25, 0.3) is 0 Å². The van der Waals surface area contributed by atoms with Crippen LogP contribution in [0.5, 0.6) is 5.75 Å². The van der Waals surface area contributed by atoms with E-state index in [0.717, 1.165) is 25.1 Å². The summed E-state index contributed by atoms with van der Waals surface area (Å²) in [6.45, 7) is 5.29. The molecular weight excluding hydrogens is 325 g/mol. The zero-order valence-electron chi connectivity index (χ0n) is 14.9. The minimum atomic E-state index is -0.364. The van der Waals surface area contributed by atoms with E-state index in [0.29, 0.717) is 26.1 Å². The Morgan fingerprint density at radius 2 is 1.96 bits per heavy atom. The summed E-state index contributed by atoms with van der Waals surface area (Å²) in [7, 11) is 1.44. The van der Waals surface area contributed by atoms with Crippen LogP contribution in [0.15, 0.2) is 18.2 Å². The lowest BCUT2D eigenvalue weighted by molar-refractivity contribution is -0.134. The summed E-state index contributed by atoms with van der Waals surface area (Å²) < 4.78 is 18.7. The van der Waals surface area contributed by atoms with Gasteiger partial charge in [-0.1, -0.05) is 13.0 Å². The molecule has 0 aliphatic carbocycles. The molecule has 6 nitrogen and oxygen atoms in total. The quantitative estimate of drug-likeness (QED) is 0.807. The van der Waals surface area contributed by atoms with Gasteiger partial charge in [0.2, 0.25) is 11.8 Å². The molecule has 0 atom stereocenters. The maximum Gasteiger partial charge on any atom is 0.242 e. The van der Waals surface area contributed by atoms with Gasteiger partial charge in [-0.3, -0.25) is 14.5 Å². The van der Waals surface area contributed by atoms with Crippen molar-refractivity contribution in [3.8, 4) is 5.75 Å². The van der Waals surface area contributed by atoms with Crippen molar-refractivity contribution in [3.63, 3.8) is 0 Å².